The number of carboxylic acids is 1. The smallest absolute Gasteiger partial charge is 0.303 e. The number of ether oxygens (including phenoxy) is 2. The molecule has 1 aliphatic heterocycles. The number of carbonyl (C=O) groups is 2. The molecule has 0 aliphatic carbocycles. The maximum atomic E-state index is 11.8. The summed E-state index contributed by atoms with van der Waals surface area (Å²) in [6.07, 6.45) is 4.11. The van der Waals surface area contributed by atoms with Gasteiger partial charge >= 0.3 is 5.97 Å². The Morgan fingerprint density at radius 1 is 0.710 bits per heavy atom. The van der Waals surface area contributed by atoms with Crippen molar-refractivity contribution in [2.45, 2.75) is 114 Å². The molecular weight excluding hydrogens is 408 g/mol. The molecule has 0 aromatic carbocycles. The first-order valence-corrected chi connectivity index (χ1v) is 11.5. The average Bonchev–Trinajstić information content (AvgIpc) is 2.74. The highest BCUT2D eigenvalue weighted by atomic mass is 16.7. The summed E-state index contributed by atoms with van der Waals surface area (Å²) in [5.41, 5.74) is 0. The van der Waals surface area contributed by atoms with Crippen LogP contribution in [0.5, 0.6) is 0 Å². The van der Waals surface area contributed by atoms with Gasteiger partial charge in [0.2, 0.25) is 0 Å². The van der Waals surface area contributed by atoms with Crippen molar-refractivity contribution < 1.29 is 44.6 Å². The lowest BCUT2D eigenvalue weighted by molar-refractivity contribution is -0.301. The van der Waals surface area contributed by atoms with E-state index < -0.39 is 43.3 Å². The molecule has 1 rings (SSSR count). The van der Waals surface area contributed by atoms with Crippen LogP contribution in [0, 0.1) is 0 Å². The Balaban J connectivity index is 1.94. The number of carbonyl (C=O) groups excluding carboxylic acids is 1. The zero-order valence-electron chi connectivity index (χ0n) is 18.4. The summed E-state index contributed by atoms with van der Waals surface area (Å²) in [5.74, 6) is -0.483. The van der Waals surface area contributed by atoms with E-state index in [2.05, 4.69) is 0 Å². The molecule has 0 bridgehead atoms. The van der Waals surface area contributed by atoms with Crippen molar-refractivity contribution in [2.75, 3.05) is 13.2 Å². The molecule has 0 amide bonds. The van der Waals surface area contributed by atoms with E-state index in [1.807, 2.05) is 0 Å². The van der Waals surface area contributed by atoms with Gasteiger partial charge in [0.25, 0.3) is 0 Å². The minimum absolute atomic E-state index is 0.202. The van der Waals surface area contributed by atoms with E-state index in [0.29, 0.717) is 25.9 Å². The predicted molar refractivity (Wildman–Crippen MR) is 112 cm³/mol. The van der Waals surface area contributed by atoms with E-state index in [1.165, 1.54) is 0 Å². The number of unbranched alkanes of at least 4 members (excludes halogenated alkanes) is 8. The van der Waals surface area contributed by atoms with Gasteiger partial charge in [0.1, 0.15) is 30.2 Å². The van der Waals surface area contributed by atoms with Crippen LogP contribution in [0.25, 0.3) is 0 Å². The summed E-state index contributed by atoms with van der Waals surface area (Å²) in [5, 5.41) is 47.0. The van der Waals surface area contributed by atoms with Crippen molar-refractivity contribution in [3.8, 4) is 0 Å². The van der Waals surface area contributed by atoms with Crippen molar-refractivity contribution in [1.82, 2.24) is 0 Å². The monoisotopic (exact) mass is 448 g/mol. The van der Waals surface area contributed by atoms with Gasteiger partial charge in [-0.3, -0.25) is 9.59 Å². The number of aliphatic carboxylic acids is 1. The minimum atomic E-state index is -1.42. The molecule has 0 spiro atoms. The van der Waals surface area contributed by atoms with Crippen LogP contribution in [-0.4, -0.2) is 81.2 Å². The zero-order chi connectivity index (χ0) is 23.1. The molecule has 0 aromatic heterocycles. The Hall–Kier alpha value is -1.10. The van der Waals surface area contributed by atoms with Gasteiger partial charge in [-0.2, -0.15) is 0 Å². The SMILES string of the molecule is O=C(O)CCCCCCC(=O)CCCCCCCCOC1OC(CO)C(O)C(O)C1O. The molecule has 0 radical (unpaired) electrons. The highest BCUT2D eigenvalue weighted by molar-refractivity contribution is 5.78. The van der Waals surface area contributed by atoms with Gasteiger partial charge in [0.05, 0.1) is 6.61 Å². The van der Waals surface area contributed by atoms with Crippen LogP contribution in [-0.2, 0) is 19.1 Å². The number of ketones is 1. The maximum absolute atomic E-state index is 11.8. The second-order valence-electron chi connectivity index (χ2n) is 8.29. The lowest BCUT2D eigenvalue weighted by Gasteiger charge is -2.39. The normalized spacial score (nSPS) is 26.1. The first-order valence-electron chi connectivity index (χ1n) is 11.5. The van der Waals surface area contributed by atoms with Crippen molar-refractivity contribution in [2.24, 2.45) is 0 Å². The molecule has 1 saturated heterocycles. The largest absolute Gasteiger partial charge is 0.481 e. The first-order chi connectivity index (χ1) is 14.9. The fraction of sp³-hybridized carbons (Fsp3) is 0.909. The Morgan fingerprint density at radius 2 is 1.23 bits per heavy atom. The standard InChI is InChI=1S/C22H40O9/c23-15-17-19(27)20(28)21(29)22(31-17)30-14-10-6-2-1-3-7-11-16(24)12-8-4-5-9-13-18(25)26/h17,19-23,27-29H,1-15H2,(H,25,26). The van der Waals surface area contributed by atoms with E-state index in [9.17, 15) is 24.9 Å². The molecule has 0 saturated carbocycles. The van der Waals surface area contributed by atoms with Gasteiger partial charge in [-0.1, -0.05) is 38.5 Å². The molecule has 9 nitrogen and oxygen atoms in total. The highest BCUT2D eigenvalue weighted by Gasteiger charge is 2.43. The van der Waals surface area contributed by atoms with Crippen molar-refractivity contribution in [1.29, 1.82) is 0 Å². The molecular formula is C22H40O9. The van der Waals surface area contributed by atoms with E-state index in [-0.39, 0.29) is 12.2 Å². The van der Waals surface area contributed by atoms with Crippen LogP contribution in [0.15, 0.2) is 0 Å². The summed E-state index contributed by atoms with van der Waals surface area (Å²) in [6.45, 7) is -0.131. The number of rotatable bonds is 18. The Morgan fingerprint density at radius 3 is 1.77 bits per heavy atom. The molecule has 0 aromatic rings. The average molecular weight is 449 g/mol. The van der Waals surface area contributed by atoms with E-state index in [0.717, 1.165) is 57.8 Å². The van der Waals surface area contributed by atoms with E-state index >= 15 is 0 Å². The number of hydrogen-bond donors (Lipinski definition) is 5. The Labute approximate surface area is 184 Å². The van der Waals surface area contributed by atoms with Crippen LogP contribution in [0.1, 0.15) is 83.5 Å². The summed E-state index contributed by atoms with van der Waals surface area (Å²) in [4.78, 5) is 22.2. The van der Waals surface area contributed by atoms with Gasteiger partial charge in [-0.15, -0.1) is 0 Å². The quantitative estimate of drug-likeness (QED) is 0.196. The molecule has 5 N–H and O–H groups in total. The first kappa shape index (κ1) is 27.9. The molecule has 1 fully saturated rings. The summed E-state index contributed by atoms with van der Waals surface area (Å²) >= 11 is 0. The lowest BCUT2D eigenvalue weighted by atomic mass is 9.99. The van der Waals surface area contributed by atoms with E-state index in [1.54, 1.807) is 0 Å². The third-order valence-electron chi connectivity index (χ3n) is 5.58. The Bertz CT molecular complexity index is 497. The number of hydrogen-bond acceptors (Lipinski definition) is 8. The summed E-state index contributed by atoms with van der Waals surface area (Å²) < 4.78 is 10.7. The molecule has 9 heteroatoms. The molecule has 1 heterocycles. The Kier molecular flexibility index (Phi) is 14.9. The van der Waals surface area contributed by atoms with Crippen LogP contribution in [0.4, 0.5) is 0 Å². The van der Waals surface area contributed by atoms with Crippen LogP contribution < -0.4 is 0 Å². The van der Waals surface area contributed by atoms with Crippen LogP contribution in [0.2, 0.25) is 0 Å². The number of aliphatic hydroxyl groups excluding tert-OH is 4. The molecule has 5 unspecified atom stereocenters. The van der Waals surface area contributed by atoms with Gasteiger partial charge in [0, 0.05) is 25.9 Å². The minimum Gasteiger partial charge on any atom is -0.481 e. The molecule has 5 atom stereocenters. The van der Waals surface area contributed by atoms with Crippen LogP contribution in [0.3, 0.4) is 0 Å². The highest BCUT2D eigenvalue weighted by Crippen LogP contribution is 2.22. The van der Waals surface area contributed by atoms with Gasteiger partial charge in [-0.05, 0) is 25.7 Å². The van der Waals surface area contributed by atoms with Crippen molar-refractivity contribution in [3.05, 3.63) is 0 Å². The number of Topliss-reactive ketones (excluding diaryl/α,β-unsaturated/α-hetero) is 1. The van der Waals surface area contributed by atoms with Gasteiger partial charge in [0.15, 0.2) is 6.29 Å². The van der Waals surface area contributed by atoms with Gasteiger partial charge < -0.3 is 35.0 Å². The zero-order valence-corrected chi connectivity index (χ0v) is 18.4. The van der Waals surface area contributed by atoms with Crippen molar-refractivity contribution in [3.63, 3.8) is 0 Å². The maximum Gasteiger partial charge on any atom is 0.303 e. The van der Waals surface area contributed by atoms with Crippen LogP contribution >= 0.6 is 0 Å². The third-order valence-corrected chi connectivity index (χ3v) is 5.58. The lowest BCUT2D eigenvalue weighted by Crippen LogP contribution is -2.59. The van der Waals surface area contributed by atoms with Crippen molar-refractivity contribution >= 4 is 11.8 Å². The molecule has 31 heavy (non-hydrogen) atoms. The molecule has 1 aliphatic rings. The summed E-state index contributed by atoms with van der Waals surface area (Å²) in [7, 11) is 0. The fourth-order valence-corrected chi connectivity index (χ4v) is 3.61. The predicted octanol–water partition coefficient (Wildman–Crippen LogP) is 1.53. The van der Waals surface area contributed by atoms with E-state index in [4.69, 9.17) is 19.7 Å². The third kappa shape index (κ3) is 11.9. The number of aliphatic hydroxyl groups is 4. The topological polar surface area (TPSA) is 154 Å². The summed E-state index contributed by atoms with van der Waals surface area (Å²) in [6, 6.07) is 0. The molecule has 182 valence electrons. The number of carboxylic acid groups (broad SMARTS) is 1. The van der Waals surface area contributed by atoms with Gasteiger partial charge in [-0.25, -0.2) is 0 Å². The second kappa shape index (κ2) is 16.5. The second-order valence-corrected chi connectivity index (χ2v) is 8.29. The fourth-order valence-electron chi connectivity index (χ4n) is 3.61.